The third kappa shape index (κ3) is 2.60. The first-order chi connectivity index (χ1) is 10.3. The summed E-state index contributed by atoms with van der Waals surface area (Å²) in [5.74, 6) is 0. The molecule has 1 N–H and O–H groups in total. The molecule has 4 nitrogen and oxygen atoms in total. The summed E-state index contributed by atoms with van der Waals surface area (Å²) in [5.41, 5.74) is 1.70. The molecule has 1 aliphatic rings. The number of furan rings is 1. The Morgan fingerprint density at radius 1 is 1.14 bits per heavy atom. The molecular formula is C17H21BO4. The van der Waals surface area contributed by atoms with E-state index in [4.69, 9.17) is 13.7 Å². The molecule has 5 heteroatoms. The first kappa shape index (κ1) is 15.3. The summed E-state index contributed by atoms with van der Waals surface area (Å²) in [6.45, 7) is 7.89. The fourth-order valence-electron chi connectivity index (χ4n) is 2.47. The van der Waals surface area contributed by atoms with Crippen molar-refractivity contribution < 1.29 is 18.8 Å². The molecule has 0 saturated carbocycles. The van der Waals surface area contributed by atoms with Crippen molar-refractivity contribution >= 4 is 24.2 Å². The number of fused-ring (bicyclic) bond motifs is 1. The van der Waals surface area contributed by atoms with E-state index in [2.05, 4.69) is 0 Å². The number of aliphatic hydroxyl groups excluding tert-OH is 1. The Morgan fingerprint density at radius 2 is 1.82 bits per heavy atom. The highest BCUT2D eigenvalue weighted by atomic mass is 16.7. The normalized spacial score (nSPS) is 20.8. The lowest BCUT2D eigenvalue weighted by Crippen LogP contribution is -2.41. The molecule has 2 aromatic rings. The summed E-state index contributed by atoms with van der Waals surface area (Å²) >= 11 is 0. The molecule has 2 heterocycles. The van der Waals surface area contributed by atoms with Gasteiger partial charge >= 0.3 is 7.12 Å². The maximum atomic E-state index is 9.71. The number of hydrogen-bond donors (Lipinski definition) is 1. The van der Waals surface area contributed by atoms with Gasteiger partial charge in [-0.1, -0.05) is 12.1 Å². The van der Waals surface area contributed by atoms with Crippen LogP contribution in [-0.2, 0) is 9.31 Å². The predicted octanol–water partition coefficient (Wildman–Crippen LogP) is 3.44. The lowest BCUT2D eigenvalue weighted by atomic mass is 9.77. The Labute approximate surface area is 130 Å². The SMILES string of the molecule is CC1(C)OB(C(=Cc2ccc3occc3c2)CO)OC1(C)C. The lowest BCUT2D eigenvalue weighted by Gasteiger charge is -2.32. The maximum absolute atomic E-state index is 9.71. The minimum atomic E-state index is -0.532. The van der Waals surface area contributed by atoms with E-state index in [-0.39, 0.29) is 6.61 Å². The summed E-state index contributed by atoms with van der Waals surface area (Å²) < 4.78 is 17.3. The quantitative estimate of drug-likeness (QED) is 0.882. The number of hydrogen-bond acceptors (Lipinski definition) is 4. The first-order valence-electron chi connectivity index (χ1n) is 7.47. The standard InChI is InChI=1S/C17H21BO4/c1-16(2)17(3,4)22-18(21-16)14(11-19)10-12-5-6-15-13(9-12)7-8-20-15/h5-10,19H,11H2,1-4H3. The van der Waals surface area contributed by atoms with Crippen LogP contribution < -0.4 is 0 Å². The topological polar surface area (TPSA) is 51.8 Å². The molecule has 116 valence electrons. The zero-order chi connectivity index (χ0) is 16.0. The van der Waals surface area contributed by atoms with Crippen molar-refractivity contribution in [2.45, 2.75) is 38.9 Å². The smallest absolute Gasteiger partial charge is 0.464 e. The van der Waals surface area contributed by atoms with Crippen molar-refractivity contribution in [3.8, 4) is 0 Å². The van der Waals surface area contributed by atoms with Crippen molar-refractivity contribution in [1.82, 2.24) is 0 Å². The van der Waals surface area contributed by atoms with Crippen molar-refractivity contribution in [3.63, 3.8) is 0 Å². The van der Waals surface area contributed by atoms with Crippen molar-refractivity contribution in [3.05, 3.63) is 41.6 Å². The first-order valence-corrected chi connectivity index (χ1v) is 7.47. The van der Waals surface area contributed by atoms with Crippen LogP contribution in [0.4, 0.5) is 0 Å². The molecule has 0 unspecified atom stereocenters. The van der Waals surface area contributed by atoms with Gasteiger partial charge in [0.1, 0.15) is 5.58 Å². The molecule has 0 amide bonds. The monoisotopic (exact) mass is 300 g/mol. The summed E-state index contributed by atoms with van der Waals surface area (Å²) in [7, 11) is -0.532. The van der Waals surface area contributed by atoms with E-state index < -0.39 is 18.3 Å². The van der Waals surface area contributed by atoms with E-state index in [0.29, 0.717) is 5.47 Å². The minimum Gasteiger partial charge on any atom is -0.464 e. The van der Waals surface area contributed by atoms with Crippen LogP contribution in [0.1, 0.15) is 33.3 Å². The molecule has 0 atom stereocenters. The molecule has 1 fully saturated rings. The third-order valence-corrected chi connectivity index (χ3v) is 4.57. The Kier molecular flexibility index (Phi) is 3.67. The molecule has 1 aromatic heterocycles. The van der Waals surface area contributed by atoms with Crippen LogP contribution in [0.3, 0.4) is 0 Å². The van der Waals surface area contributed by atoms with Gasteiger partial charge in [0, 0.05) is 5.39 Å². The van der Waals surface area contributed by atoms with Crippen LogP contribution in [0.15, 0.2) is 40.4 Å². The minimum absolute atomic E-state index is 0.111. The largest absolute Gasteiger partial charge is 0.492 e. The second-order valence-electron chi connectivity index (χ2n) is 6.68. The summed E-state index contributed by atoms with van der Waals surface area (Å²) in [4.78, 5) is 0. The van der Waals surface area contributed by atoms with Crippen LogP contribution in [0.5, 0.6) is 0 Å². The van der Waals surface area contributed by atoms with Crippen LogP contribution >= 0.6 is 0 Å². The van der Waals surface area contributed by atoms with E-state index >= 15 is 0 Å². The average molecular weight is 300 g/mol. The van der Waals surface area contributed by atoms with Crippen LogP contribution in [-0.4, -0.2) is 30.0 Å². The number of rotatable bonds is 3. The van der Waals surface area contributed by atoms with Gasteiger partial charge in [0.05, 0.1) is 24.1 Å². The fourth-order valence-corrected chi connectivity index (χ4v) is 2.47. The van der Waals surface area contributed by atoms with E-state index in [9.17, 15) is 5.11 Å². The van der Waals surface area contributed by atoms with Gasteiger partial charge in [-0.15, -0.1) is 0 Å². The predicted molar refractivity (Wildman–Crippen MR) is 87.4 cm³/mol. The van der Waals surface area contributed by atoms with Crippen LogP contribution in [0.2, 0.25) is 0 Å². The highest BCUT2D eigenvalue weighted by molar-refractivity contribution is 6.55. The Morgan fingerprint density at radius 3 is 2.45 bits per heavy atom. The Balaban J connectivity index is 1.90. The zero-order valence-electron chi connectivity index (χ0n) is 13.4. The zero-order valence-corrected chi connectivity index (χ0v) is 13.4. The van der Waals surface area contributed by atoms with Gasteiger partial charge in [-0.05, 0) is 56.9 Å². The lowest BCUT2D eigenvalue weighted by molar-refractivity contribution is 0.00578. The van der Waals surface area contributed by atoms with Gasteiger partial charge in [-0.3, -0.25) is 0 Å². The molecule has 0 spiro atoms. The van der Waals surface area contributed by atoms with E-state index in [1.807, 2.05) is 58.0 Å². The highest BCUT2D eigenvalue weighted by Crippen LogP contribution is 2.38. The molecule has 22 heavy (non-hydrogen) atoms. The molecule has 0 aliphatic carbocycles. The second kappa shape index (κ2) is 5.27. The molecule has 1 aromatic carbocycles. The van der Waals surface area contributed by atoms with Gasteiger partial charge in [0.15, 0.2) is 0 Å². The third-order valence-electron chi connectivity index (χ3n) is 4.57. The summed E-state index contributed by atoms with van der Waals surface area (Å²) in [6, 6.07) is 7.80. The number of aliphatic hydroxyl groups is 1. The second-order valence-corrected chi connectivity index (χ2v) is 6.68. The molecule has 3 rings (SSSR count). The van der Waals surface area contributed by atoms with Crippen LogP contribution in [0.25, 0.3) is 17.0 Å². The van der Waals surface area contributed by atoms with Crippen molar-refractivity contribution in [2.24, 2.45) is 0 Å². The molecular weight excluding hydrogens is 279 g/mol. The molecule has 1 saturated heterocycles. The van der Waals surface area contributed by atoms with Crippen molar-refractivity contribution in [1.29, 1.82) is 0 Å². The van der Waals surface area contributed by atoms with Gasteiger partial charge in [0.25, 0.3) is 0 Å². The van der Waals surface area contributed by atoms with Gasteiger partial charge in [0.2, 0.25) is 0 Å². The van der Waals surface area contributed by atoms with Gasteiger partial charge < -0.3 is 18.8 Å². The average Bonchev–Trinajstić information content (AvgIpc) is 2.98. The Hall–Kier alpha value is -1.56. The Bertz CT molecular complexity index is 698. The number of benzene rings is 1. The molecule has 0 bridgehead atoms. The van der Waals surface area contributed by atoms with Gasteiger partial charge in [-0.2, -0.15) is 0 Å². The van der Waals surface area contributed by atoms with Crippen LogP contribution in [0, 0.1) is 0 Å². The van der Waals surface area contributed by atoms with Crippen molar-refractivity contribution in [2.75, 3.05) is 6.61 Å². The van der Waals surface area contributed by atoms with E-state index in [0.717, 1.165) is 16.5 Å². The van der Waals surface area contributed by atoms with Gasteiger partial charge in [-0.25, -0.2) is 0 Å². The fraction of sp³-hybridized carbons (Fsp3) is 0.412. The van der Waals surface area contributed by atoms with E-state index in [1.165, 1.54) is 0 Å². The summed E-state index contributed by atoms with van der Waals surface area (Å²) in [5, 5.41) is 10.7. The summed E-state index contributed by atoms with van der Waals surface area (Å²) in [6.07, 6.45) is 3.58. The molecule has 1 aliphatic heterocycles. The maximum Gasteiger partial charge on any atom is 0.492 e. The molecule has 0 radical (unpaired) electrons. The highest BCUT2D eigenvalue weighted by Gasteiger charge is 2.52. The van der Waals surface area contributed by atoms with E-state index in [1.54, 1.807) is 6.26 Å².